The molecule has 3 heterocycles. The maximum atomic E-state index is 6.71. The number of hydrogen-bond acceptors (Lipinski definition) is 5. The van der Waals surface area contributed by atoms with Gasteiger partial charge in [-0.15, -0.1) is 0 Å². The normalized spacial score (nSPS) is 11.6. The third-order valence-electron chi connectivity index (χ3n) is 10.5. The van der Waals surface area contributed by atoms with E-state index in [0.717, 1.165) is 66.4 Å². The summed E-state index contributed by atoms with van der Waals surface area (Å²) in [5.41, 5.74) is 9.45. The summed E-state index contributed by atoms with van der Waals surface area (Å²) in [6.45, 7) is 0. The molecule has 0 amide bonds. The highest BCUT2D eigenvalue weighted by Gasteiger charge is 2.20. The minimum atomic E-state index is 0.610. The molecule has 0 fully saturated rings. The topological polar surface area (TPSA) is 64.7 Å². The van der Waals surface area contributed by atoms with Crippen molar-refractivity contribution >= 4 is 54.4 Å². The smallest absolute Gasteiger partial charge is 0.164 e. The second kappa shape index (κ2) is 12.6. The van der Waals surface area contributed by atoms with E-state index in [0.29, 0.717) is 17.5 Å². The Hall–Kier alpha value is -7.50. The average Bonchev–Trinajstić information content (AvgIpc) is 3.66. The van der Waals surface area contributed by atoms with Gasteiger partial charge in [0, 0.05) is 33.0 Å². The van der Waals surface area contributed by atoms with Gasteiger partial charge in [0.15, 0.2) is 17.5 Å². The number of furan rings is 1. The van der Waals surface area contributed by atoms with E-state index >= 15 is 0 Å². The van der Waals surface area contributed by atoms with Gasteiger partial charge in [-0.1, -0.05) is 158 Å². The fraction of sp³-hybridized carbons (Fsp3) is 0. The maximum Gasteiger partial charge on any atom is 0.164 e. The lowest BCUT2D eigenvalue weighted by molar-refractivity contribution is 0.672. The highest BCUT2D eigenvalue weighted by Crippen LogP contribution is 2.42. The molecule has 0 saturated heterocycles. The number of para-hydroxylation sites is 1. The molecule has 5 nitrogen and oxygen atoms in total. The molecular formula is C50H30N4O. The Balaban J connectivity index is 1.07. The number of fused-ring (bicyclic) bond motifs is 8. The first-order chi connectivity index (χ1) is 27.2. The van der Waals surface area contributed by atoms with Crippen molar-refractivity contribution in [1.29, 1.82) is 0 Å². The van der Waals surface area contributed by atoms with Gasteiger partial charge >= 0.3 is 0 Å². The van der Waals surface area contributed by atoms with Gasteiger partial charge in [0.05, 0.1) is 16.6 Å². The van der Waals surface area contributed by atoms with Crippen LogP contribution in [0.5, 0.6) is 0 Å². The van der Waals surface area contributed by atoms with Gasteiger partial charge in [-0.3, -0.25) is 0 Å². The number of nitrogens with zero attached hydrogens (tertiary/aromatic N) is 4. The summed E-state index contributed by atoms with van der Waals surface area (Å²) in [7, 11) is 0. The van der Waals surface area contributed by atoms with Gasteiger partial charge in [-0.05, 0) is 56.9 Å². The predicted octanol–water partition coefficient (Wildman–Crippen LogP) is 13.0. The lowest BCUT2D eigenvalue weighted by atomic mass is 9.92. The van der Waals surface area contributed by atoms with E-state index in [-0.39, 0.29) is 0 Å². The quantitative estimate of drug-likeness (QED) is 0.167. The molecule has 0 spiro atoms. The van der Waals surface area contributed by atoms with E-state index in [9.17, 15) is 0 Å². The van der Waals surface area contributed by atoms with Crippen molar-refractivity contribution in [2.45, 2.75) is 0 Å². The average molecular weight is 703 g/mol. The minimum Gasteiger partial charge on any atom is -0.455 e. The molecule has 0 aliphatic heterocycles. The van der Waals surface area contributed by atoms with Crippen molar-refractivity contribution in [1.82, 2.24) is 19.9 Å². The van der Waals surface area contributed by atoms with Crippen molar-refractivity contribution in [3.8, 4) is 56.5 Å². The van der Waals surface area contributed by atoms with Crippen LogP contribution in [0, 0.1) is 0 Å². The Bertz CT molecular complexity index is 3190. The Morgan fingerprint density at radius 3 is 1.56 bits per heavy atom. The molecule has 11 aromatic rings. The molecule has 0 unspecified atom stereocenters. The van der Waals surface area contributed by atoms with Crippen LogP contribution in [0.1, 0.15) is 0 Å². The van der Waals surface area contributed by atoms with Gasteiger partial charge in [0.1, 0.15) is 11.2 Å². The second-order valence-electron chi connectivity index (χ2n) is 13.8. The molecular weight excluding hydrogens is 673 g/mol. The Morgan fingerprint density at radius 2 is 0.873 bits per heavy atom. The first-order valence-electron chi connectivity index (χ1n) is 18.4. The fourth-order valence-corrected chi connectivity index (χ4v) is 7.85. The first kappa shape index (κ1) is 31.1. The van der Waals surface area contributed by atoms with Gasteiger partial charge in [0.25, 0.3) is 0 Å². The van der Waals surface area contributed by atoms with Crippen LogP contribution < -0.4 is 0 Å². The van der Waals surface area contributed by atoms with Crippen LogP contribution >= 0.6 is 0 Å². The number of benzene rings is 8. The van der Waals surface area contributed by atoms with Gasteiger partial charge in [0.2, 0.25) is 0 Å². The summed E-state index contributed by atoms with van der Waals surface area (Å²) >= 11 is 0. The molecule has 0 saturated carbocycles. The Labute approximate surface area is 316 Å². The highest BCUT2D eigenvalue weighted by molar-refractivity contribution is 6.20. The van der Waals surface area contributed by atoms with Crippen LogP contribution in [-0.4, -0.2) is 19.9 Å². The summed E-state index contributed by atoms with van der Waals surface area (Å²) < 4.78 is 6.71. The highest BCUT2D eigenvalue weighted by atomic mass is 16.3. The van der Waals surface area contributed by atoms with Crippen LogP contribution in [0.2, 0.25) is 0 Å². The number of aromatic nitrogens is 4. The monoisotopic (exact) mass is 702 g/mol. The molecule has 11 rings (SSSR count). The molecule has 0 radical (unpaired) electrons. The van der Waals surface area contributed by atoms with Crippen LogP contribution in [0.25, 0.3) is 111 Å². The first-order valence-corrected chi connectivity index (χ1v) is 18.4. The summed E-state index contributed by atoms with van der Waals surface area (Å²) in [6.07, 6.45) is 0. The zero-order chi connectivity index (χ0) is 36.3. The second-order valence-corrected chi connectivity index (χ2v) is 13.8. The van der Waals surface area contributed by atoms with Crippen LogP contribution in [0.15, 0.2) is 186 Å². The van der Waals surface area contributed by atoms with Crippen LogP contribution in [-0.2, 0) is 0 Å². The van der Waals surface area contributed by atoms with Crippen molar-refractivity contribution in [2.75, 3.05) is 0 Å². The van der Waals surface area contributed by atoms with Crippen LogP contribution in [0.3, 0.4) is 0 Å². The van der Waals surface area contributed by atoms with Crippen LogP contribution in [0.4, 0.5) is 0 Å². The molecule has 256 valence electrons. The van der Waals surface area contributed by atoms with Gasteiger partial charge in [-0.25, -0.2) is 19.9 Å². The molecule has 0 N–H and O–H groups in total. The Morgan fingerprint density at radius 1 is 0.345 bits per heavy atom. The SMILES string of the molecule is c1ccc(-c2nc(-c3ccccc3)nc(-c3ccc(-c4nc5ccc(-c6cc7ccccc7c7ccccc67)cc5c5oc6ccccc6c45)cc3)n2)cc1. The van der Waals surface area contributed by atoms with Crippen molar-refractivity contribution in [3.05, 3.63) is 182 Å². The molecule has 8 aromatic carbocycles. The Kier molecular flexibility index (Phi) is 7.10. The molecule has 0 atom stereocenters. The van der Waals surface area contributed by atoms with E-state index in [1.165, 1.54) is 27.1 Å². The molecule has 55 heavy (non-hydrogen) atoms. The number of hydrogen-bond donors (Lipinski definition) is 0. The molecule has 3 aromatic heterocycles. The number of pyridine rings is 1. The summed E-state index contributed by atoms with van der Waals surface area (Å²) in [6, 6.07) is 62.8. The van der Waals surface area contributed by atoms with E-state index < -0.39 is 0 Å². The van der Waals surface area contributed by atoms with Gasteiger partial charge < -0.3 is 4.42 Å². The molecule has 0 aliphatic rings. The third-order valence-corrected chi connectivity index (χ3v) is 10.5. The molecule has 0 aliphatic carbocycles. The lowest BCUT2D eigenvalue weighted by Gasteiger charge is -2.13. The zero-order valence-corrected chi connectivity index (χ0v) is 29.5. The van der Waals surface area contributed by atoms with Crippen molar-refractivity contribution < 1.29 is 4.42 Å². The van der Waals surface area contributed by atoms with Crippen molar-refractivity contribution in [3.63, 3.8) is 0 Å². The lowest BCUT2D eigenvalue weighted by Crippen LogP contribution is -2.00. The number of rotatable bonds is 5. The fourth-order valence-electron chi connectivity index (χ4n) is 7.85. The van der Waals surface area contributed by atoms with E-state index in [1.807, 2.05) is 72.8 Å². The van der Waals surface area contributed by atoms with Gasteiger partial charge in [-0.2, -0.15) is 0 Å². The van der Waals surface area contributed by atoms with E-state index in [4.69, 9.17) is 24.4 Å². The summed E-state index contributed by atoms with van der Waals surface area (Å²) in [5, 5.41) is 7.94. The maximum absolute atomic E-state index is 6.71. The van der Waals surface area contributed by atoms with E-state index in [2.05, 4.69) is 109 Å². The molecule has 0 bridgehead atoms. The molecule has 5 heteroatoms. The standard InChI is InChI=1S/C50H30N4O/c1-3-13-32(14-4-1)48-52-49(33-15-5-2-6-16-33)54-50(53-48)34-25-23-31(24-26-34)46-45-40-21-11-12-22-44(40)55-47(45)42-30-36(27-28-43(42)51-46)41-29-35-17-7-8-18-37(35)38-19-9-10-20-39(38)41/h1-30H. The van der Waals surface area contributed by atoms with E-state index in [1.54, 1.807) is 0 Å². The minimum absolute atomic E-state index is 0.610. The summed E-state index contributed by atoms with van der Waals surface area (Å²) in [4.78, 5) is 20.1. The summed E-state index contributed by atoms with van der Waals surface area (Å²) in [5.74, 6) is 1.87. The predicted molar refractivity (Wildman–Crippen MR) is 225 cm³/mol. The third kappa shape index (κ3) is 5.24. The van der Waals surface area contributed by atoms with Crippen molar-refractivity contribution in [2.24, 2.45) is 0 Å². The largest absolute Gasteiger partial charge is 0.455 e. The zero-order valence-electron chi connectivity index (χ0n) is 29.5.